The van der Waals surface area contributed by atoms with Crippen molar-refractivity contribution >= 4 is 5.91 Å². The summed E-state index contributed by atoms with van der Waals surface area (Å²) in [6.45, 7) is 9.36. The average Bonchev–Trinajstić information content (AvgIpc) is 2.71. The second-order valence-corrected chi connectivity index (χ2v) is 5.51. The normalized spacial score (nSPS) is 25.4. The molecule has 0 aromatic rings. The summed E-state index contributed by atoms with van der Waals surface area (Å²) < 4.78 is 0. The van der Waals surface area contributed by atoms with Crippen LogP contribution in [0, 0.1) is 5.92 Å². The van der Waals surface area contributed by atoms with Crippen molar-refractivity contribution in [1.29, 1.82) is 0 Å². The molecule has 4 nitrogen and oxygen atoms in total. The van der Waals surface area contributed by atoms with Gasteiger partial charge in [-0.25, -0.2) is 0 Å². The molecule has 4 heteroatoms. The number of rotatable bonds is 7. The zero-order valence-corrected chi connectivity index (χ0v) is 12.1. The Balaban J connectivity index is 2.26. The van der Waals surface area contributed by atoms with Gasteiger partial charge in [0.15, 0.2) is 0 Å². The summed E-state index contributed by atoms with van der Waals surface area (Å²) in [5.74, 6) is 0.558. The number of hydrogen-bond donors (Lipinski definition) is 2. The minimum Gasteiger partial charge on any atom is -0.352 e. The van der Waals surface area contributed by atoms with Crippen LogP contribution in [0.4, 0.5) is 0 Å². The topological polar surface area (TPSA) is 58.4 Å². The maximum atomic E-state index is 11.9. The van der Waals surface area contributed by atoms with E-state index in [2.05, 4.69) is 31.0 Å². The quantitative estimate of drug-likeness (QED) is 0.722. The van der Waals surface area contributed by atoms with E-state index in [1.165, 1.54) is 6.42 Å². The summed E-state index contributed by atoms with van der Waals surface area (Å²) in [5.41, 5.74) is 5.99. The first-order valence-electron chi connectivity index (χ1n) is 7.34. The number of nitrogens with one attached hydrogen (secondary N) is 1. The molecule has 0 aromatic heterocycles. The van der Waals surface area contributed by atoms with Gasteiger partial charge < -0.3 is 16.0 Å². The number of nitrogens with zero attached hydrogens (tertiary/aromatic N) is 1. The fourth-order valence-corrected chi connectivity index (χ4v) is 2.81. The standard InChI is InChI=1S/C14H29N3O/c1-4-17(5-2)10-11(3)16-14(18)9-12-7-6-8-13(12)15/h11-13H,4-10,15H2,1-3H3,(H,16,18)/t11?,12-,13+/m0/s1. The third-order valence-electron chi connectivity index (χ3n) is 4.00. The molecule has 0 aliphatic heterocycles. The fraction of sp³-hybridized carbons (Fsp3) is 0.929. The van der Waals surface area contributed by atoms with Gasteiger partial charge in [0.05, 0.1) is 0 Å². The zero-order chi connectivity index (χ0) is 13.5. The van der Waals surface area contributed by atoms with Gasteiger partial charge in [-0.2, -0.15) is 0 Å². The van der Waals surface area contributed by atoms with Crippen LogP contribution in [-0.2, 0) is 4.79 Å². The molecule has 1 aliphatic carbocycles. The lowest BCUT2D eigenvalue weighted by Gasteiger charge is -2.24. The van der Waals surface area contributed by atoms with E-state index in [9.17, 15) is 4.79 Å². The van der Waals surface area contributed by atoms with Gasteiger partial charge in [0.1, 0.15) is 0 Å². The lowest BCUT2D eigenvalue weighted by Crippen LogP contribution is -2.43. The highest BCUT2D eigenvalue weighted by molar-refractivity contribution is 5.76. The number of likely N-dealkylation sites (N-methyl/N-ethyl adjacent to an activating group) is 1. The molecule has 1 amide bonds. The molecule has 106 valence electrons. The van der Waals surface area contributed by atoms with Gasteiger partial charge in [0, 0.05) is 25.0 Å². The first-order chi connectivity index (χ1) is 8.56. The molecule has 3 atom stereocenters. The van der Waals surface area contributed by atoms with E-state index in [4.69, 9.17) is 5.73 Å². The van der Waals surface area contributed by atoms with E-state index in [1.807, 2.05) is 0 Å². The first kappa shape index (κ1) is 15.4. The molecular weight excluding hydrogens is 226 g/mol. The van der Waals surface area contributed by atoms with Crippen LogP contribution in [0.25, 0.3) is 0 Å². The zero-order valence-electron chi connectivity index (χ0n) is 12.1. The summed E-state index contributed by atoms with van der Waals surface area (Å²) in [6, 6.07) is 0.448. The second-order valence-electron chi connectivity index (χ2n) is 5.51. The molecule has 0 spiro atoms. The number of nitrogens with two attached hydrogens (primary N) is 1. The van der Waals surface area contributed by atoms with E-state index in [0.29, 0.717) is 12.3 Å². The molecule has 1 aliphatic rings. The van der Waals surface area contributed by atoms with Crippen molar-refractivity contribution in [3.63, 3.8) is 0 Å². The van der Waals surface area contributed by atoms with Crippen molar-refractivity contribution in [3.05, 3.63) is 0 Å². The summed E-state index contributed by atoms with van der Waals surface area (Å²) in [5, 5.41) is 3.09. The Bertz CT molecular complexity index is 253. The summed E-state index contributed by atoms with van der Waals surface area (Å²) in [6.07, 6.45) is 3.96. The van der Waals surface area contributed by atoms with Crippen LogP contribution < -0.4 is 11.1 Å². The maximum absolute atomic E-state index is 11.9. The van der Waals surface area contributed by atoms with Crippen molar-refractivity contribution < 1.29 is 4.79 Å². The fourth-order valence-electron chi connectivity index (χ4n) is 2.81. The Hall–Kier alpha value is -0.610. The van der Waals surface area contributed by atoms with Crippen molar-refractivity contribution in [2.24, 2.45) is 11.7 Å². The van der Waals surface area contributed by atoms with E-state index in [0.717, 1.165) is 32.5 Å². The van der Waals surface area contributed by atoms with Crippen LogP contribution >= 0.6 is 0 Å². The molecule has 1 fully saturated rings. The van der Waals surface area contributed by atoms with Crippen molar-refractivity contribution in [2.45, 2.75) is 58.5 Å². The van der Waals surface area contributed by atoms with Crippen molar-refractivity contribution in [2.75, 3.05) is 19.6 Å². The minimum atomic E-state index is 0.164. The van der Waals surface area contributed by atoms with Gasteiger partial charge in [-0.05, 0) is 38.8 Å². The number of carbonyl (C=O) groups is 1. The minimum absolute atomic E-state index is 0.164. The van der Waals surface area contributed by atoms with Crippen LogP contribution in [0.3, 0.4) is 0 Å². The third-order valence-corrected chi connectivity index (χ3v) is 4.00. The summed E-state index contributed by atoms with van der Waals surface area (Å²) in [4.78, 5) is 14.3. The van der Waals surface area contributed by atoms with Crippen LogP contribution in [0.2, 0.25) is 0 Å². The highest BCUT2D eigenvalue weighted by atomic mass is 16.1. The third kappa shape index (κ3) is 4.94. The van der Waals surface area contributed by atoms with Gasteiger partial charge >= 0.3 is 0 Å². The van der Waals surface area contributed by atoms with Crippen LogP contribution in [-0.4, -0.2) is 42.5 Å². The molecule has 0 bridgehead atoms. The molecule has 18 heavy (non-hydrogen) atoms. The van der Waals surface area contributed by atoms with Crippen molar-refractivity contribution in [3.8, 4) is 0 Å². The Morgan fingerprint density at radius 3 is 2.56 bits per heavy atom. The van der Waals surface area contributed by atoms with Gasteiger partial charge in [0.25, 0.3) is 0 Å². The molecule has 1 saturated carbocycles. The first-order valence-corrected chi connectivity index (χ1v) is 7.34. The second kappa shape index (κ2) is 7.74. The van der Waals surface area contributed by atoms with E-state index >= 15 is 0 Å². The van der Waals surface area contributed by atoms with Crippen molar-refractivity contribution in [1.82, 2.24) is 10.2 Å². The number of amides is 1. The van der Waals surface area contributed by atoms with Crippen LogP contribution in [0.1, 0.15) is 46.5 Å². The monoisotopic (exact) mass is 255 g/mol. The Kier molecular flexibility index (Phi) is 6.65. The summed E-state index contributed by atoms with van der Waals surface area (Å²) >= 11 is 0. The lowest BCUT2D eigenvalue weighted by molar-refractivity contribution is -0.122. The number of carbonyl (C=O) groups excluding carboxylic acids is 1. The highest BCUT2D eigenvalue weighted by Gasteiger charge is 2.26. The number of hydrogen-bond acceptors (Lipinski definition) is 3. The lowest BCUT2D eigenvalue weighted by atomic mass is 10.00. The highest BCUT2D eigenvalue weighted by Crippen LogP contribution is 2.26. The molecule has 1 rings (SSSR count). The molecule has 0 aromatic carbocycles. The molecular formula is C14H29N3O. The smallest absolute Gasteiger partial charge is 0.220 e. The average molecular weight is 255 g/mol. The van der Waals surface area contributed by atoms with Gasteiger partial charge in [-0.15, -0.1) is 0 Å². The predicted molar refractivity (Wildman–Crippen MR) is 75.3 cm³/mol. The predicted octanol–water partition coefficient (Wildman–Crippen LogP) is 1.35. The van der Waals surface area contributed by atoms with Gasteiger partial charge in [-0.1, -0.05) is 20.3 Å². The Morgan fingerprint density at radius 1 is 1.39 bits per heavy atom. The largest absolute Gasteiger partial charge is 0.352 e. The summed E-state index contributed by atoms with van der Waals surface area (Å²) in [7, 11) is 0. The Labute approximate surface area is 111 Å². The van der Waals surface area contributed by atoms with E-state index in [-0.39, 0.29) is 18.0 Å². The SMILES string of the molecule is CCN(CC)CC(C)NC(=O)C[C@@H]1CCC[C@H]1N. The maximum Gasteiger partial charge on any atom is 0.220 e. The molecule has 0 radical (unpaired) electrons. The van der Waals surface area contributed by atoms with Crippen LogP contribution in [0.15, 0.2) is 0 Å². The van der Waals surface area contributed by atoms with Gasteiger partial charge in [-0.3, -0.25) is 4.79 Å². The van der Waals surface area contributed by atoms with Gasteiger partial charge in [0.2, 0.25) is 5.91 Å². The molecule has 3 N–H and O–H groups in total. The van der Waals surface area contributed by atoms with E-state index < -0.39 is 0 Å². The molecule has 1 unspecified atom stereocenters. The Morgan fingerprint density at radius 2 is 2.06 bits per heavy atom. The van der Waals surface area contributed by atoms with Crippen LogP contribution in [0.5, 0.6) is 0 Å². The van der Waals surface area contributed by atoms with E-state index in [1.54, 1.807) is 0 Å². The molecule has 0 heterocycles. The molecule has 0 saturated heterocycles.